The fourth-order valence-corrected chi connectivity index (χ4v) is 5.00. The van der Waals surface area contributed by atoms with Crippen LogP contribution in [0.2, 0.25) is 0 Å². The molecule has 166 valence electrons. The third kappa shape index (κ3) is 6.04. The first-order valence-corrected chi connectivity index (χ1v) is 12.2. The Morgan fingerprint density at radius 3 is 2.56 bits per heavy atom. The zero-order chi connectivity index (χ0) is 22.2. The average molecular weight is 448 g/mol. The third-order valence-corrected chi connectivity index (χ3v) is 6.77. The van der Waals surface area contributed by atoms with Crippen LogP contribution in [0.4, 0.5) is 0 Å². The van der Waals surface area contributed by atoms with Gasteiger partial charge in [0, 0.05) is 44.2 Å². The van der Waals surface area contributed by atoms with E-state index in [2.05, 4.69) is 39.9 Å². The molecule has 6 heteroatoms. The largest absolute Gasteiger partial charge is 0.356 e. The van der Waals surface area contributed by atoms with Gasteiger partial charge in [-0.15, -0.1) is 11.3 Å². The zero-order valence-electron chi connectivity index (χ0n) is 18.2. The summed E-state index contributed by atoms with van der Waals surface area (Å²) in [5.41, 5.74) is 3.49. The molecule has 2 amide bonds. The number of nitrogens with zero attached hydrogens (tertiary/aromatic N) is 2. The van der Waals surface area contributed by atoms with Gasteiger partial charge in [0.2, 0.25) is 11.8 Å². The molecule has 4 rings (SSSR count). The van der Waals surface area contributed by atoms with Crippen molar-refractivity contribution in [1.29, 1.82) is 0 Å². The highest BCUT2D eigenvalue weighted by atomic mass is 32.1. The van der Waals surface area contributed by atoms with E-state index in [1.54, 1.807) is 11.3 Å². The molecule has 0 aliphatic carbocycles. The Balaban J connectivity index is 1.17. The molecule has 2 aromatic carbocycles. The maximum absolute atomic E-state index is 12.7. The van der Waals surface area contributed by atoms with E-state index in [4.69, 9.17) is 0 Å². The van der Waals surface area contributed by atoms with Gasteiger partial charge in [-0.05, 0) is 24.0 Å². The van der Waals surface area contributed by atoms with Crippen LogP contribution in [-0.2, 0) is 22.4 Å². The van der Waals surface area contributed by atoms with Crippen LogP contribution in [0.25, 0.3) is 0 Å². The smallest absolute Gasteiger partial charge is 0.223 e. The molecule has 2 heterocycles. The van der Waals surface area contributed by atoms with Crippen LogP contribution in [0.1, 0.15) is 53.6 Å². The predicted molar refractivity (Wildman–Crippen MR) is 127 cm³/mol. The van der Waals surface area contributed by atoms with Crippen LogP contribution in [0.5, 0.6) is 0 Å². The van der Waals surface area contributed by atoms with Gasteiger partial charge in [-0.25, -0.2) is 4.98 Å². The van der Waals surface area contributed by atoms with Crippen molar-refractivity contribution >= 4 is 23.2 Å². The van der Waals surface area contributed by atoms with Crippen LogP contribution < -0.4 is 5.32 Å². The lowest BCUT2D eigenvalue weighted by Crippen LogP contribution is -2.32. The fraction of sp³-hybridized carbons (Fsp3) is 0.346. The monoisotopic (exact) mass is 447 g/mol. The summed E-state index contributed by atoms with van der Waals surface area (Å²) in [6.07, 6.45) is 4.02. The third-order valence-electron chi connectivity index (χ3n) is 5.81. The molecule has 1 fully saturated rings. The Labute approximate surface area is 193 Å². The number of benzene rings is 2. The molecular weight excluding hydrogens is 418 g/mol. The maximum atomic E-state index is 12.7. The summed E-state index contributed by atoms with van der Waals surface area (Å²) in [5.74, 6) is -0.00754. The molecule has 3 aromatic rings. The van der Waals surface area contributed by atoms with E-state index in [1.165, 1.54) is 11.1 Å². The molecule has 5 nitrogen and oxygen atoms in total. The lowest BCUT2D eigenvalue weighted by atomic mass is 10.0. The van der Waals surface area contributed by atoms with Gasteiger partial charge in [-0.1, -0.05) is 60.7 Å². The molecule has 1 N–H and O–H groups in total. The minimum absolute atomic E-state index is 0.0666. The second kappa shape index (κ2) is 11.0. The fourth-order valence-electron chi connectivity index (χ4n) is 4.20. The number of nitrogens with one attached hydrogen (secondary N) is 1. The number of amides is 2. The summed E-state index contributed by atoms with van der Waals surface area (Å²) in [4.78, 5) is 31.6. The Bertz CT molecular complexity index is 1020. The van der Waals surface area contributed by atoms with Gasteiger partial charge >= 0.3 is 0 Å². The molecular formula is C26H29N3O2S. The van der Waals surface area contributed by atoms with Crippen molar-refractivity contribution in [2.45, 2.75) is 44.6 Å². The average Bonchev–Trinajstić information content (AvgIpc) is 3.49. The van der Waals surface area contributed by atoms with E-state index >= 15 is 0 Å². The summed E-state index contributed by atoms with van der Waals surface area (Å²) >= 11 is 1.63. The van der Waals surface area contributed by atoms with Crippen LogP contribution >= 0.6 is 11.3 Å². The van der Waals surface area contributed by atoms with E-state index in [0.717, 1.165) is 36.5 Å². The van der Waals surface area contributed by atoms with Crippen molar-refractivity contribution in [2.24, 2.45) is 0 Å². The van der Waals surface area contributed by atoms with E-state index < -0.39 is 0 Å². The molecule has 0 saturated carbocycles. The minimum atomic E-state index is -0.0742. The molecule has 1 atom stereocenters. The number of rotatable bonds is 9. The van der Waals surface area contributed by atoms with Gasteiger partial charge in [0.1, 0.15) is 0 Å². The Hall–Kier alpha value is -2.99. The van der Waals surface area contributed by atoms with E-state index in [9.17, 15) is 9.59 Å². The highest BCUT2D eigenvalue weighted by Gasteiger charge is 2.29. The van der Waals surface area contributed by atoms with Crippen LogP contribution in [0.15, 0.2) is 66.0 Å². The normalized spacial score (nSPS) is 15.6. The number of hydrogen-bond acceptors (Lipinski definition) is 4. The number of likely N-dealkylation sites (tertiary alicyclic amines) is 1. The van der Waals surface area contributed by atoms with Crippen molar-refractivity contribution in [3.05, 3.63) is 87.9 Å². The second-order valence-corrected chi connectivity index (χ2v) is 9.09. The van der Waals surface area contributed by atoms with Gasteiger partial charge in [0.25, 0.3) is 0 Å². The maximum Gasteiger partial charge on any atom is 0.223 e. The first kappa shape index (κ1) is 22.2. The van der Waals surface area contributed by atoms with Gasteiger partial charge in [0.15, 0.2) is 0 Å². The number of carbonyl (C=O) groups is 2. The van der Waals surface area contributed by atoms with Gasteiger partial charge in [-0.3, -0.25) is 9.59 Å². The van der Waals surface area contributed by atoms with Gasteiger partial charge in [-0.2, -0.15) is 0 Å². The summed E-state index contributed by atoms with van der Waals surface area (Å²) in [5, 5.41) is 6.04. The Kier molecular flexibility index (Phi) is 7.67. The van der Waals surface area contributed by atoms with Crippen molar-refractivity contribution < 1.29 is 9.59 Å². The zero-order valence-corrected chi connectivity index (χ0v) is 19.0. The number of carbonyl (C=O) groups excluding carboxylic acids is 2. The molecule has 1 aliphatic rings. The molecule has 32 heavy (non-hydrogen) atoms. The topological polar surface area (TPSA) is 62.3 Å². The minimum Gasteiger partial charge on any atom is -0.356 e. The lowest BCUT2D eigenvalue weighted by molar-refractivity contribution is -0.134. The number of hydrogen-bond donors (Lipinski definition) is 1. The number of thiazole rings is 1. The predicted octanol–water partition coefficient (Wildman–Crippen LogP) is 4.54. The Morgan fingerprint density at radius 2 is 1.78 bits per heavy atom. The molecule has 1 aromatic heterocycles. The van der Waals surface area contributed by atoms with Crippen molar-refractivity contribution in [3.63, 3.8) is 0 Å². The summed E-state index contributed by atoms with van der Waals surface area (Å²) in [6.45, 7) is 1.32. The van der Waals surface area contributed by atoms with Crippen molar-refractivity contribution in [3.8, 4) is 0 Å². The SMILES string of the molecule is O=C(CCC(=O)N1CCCC1c1ccccc1)NCCc1nc(Cc2ccccc2)cs1. The highest BCUT2D eigenvalue weighted by molar-refractivity contribution is 7.09. The molecule has 0 radical (unpaired) electrons. The molecule has 1 aliphatic heterocycles. The molecule has 1 unspecified atom stereocenters. The summed E-state index contributed by atoms with van der Waals surface area (Å²) < 4.78 is 0. The van der Waals surface area contributed by atoms with E-state index in [-0.39, 0.29) is 30.7 Å². The first-order valence-electron chi connectivity index (χ1n) is 11.3. The quantitative estimate of drug-likeness (QED) is 0.524. The van der Waals surface area contributed by atoms with Crippen molar-refractivity contribution in [1.82, 2.24) is 15.2 Å². The van der Waals surface area contributed by atoms with Crippen LogP contribution in [0.3, 0.4) is 0 Å². The summed E-state index contributed by atoms with van der Waals surface area (Å²) in [7, 11) is 0. The standard InChI is InChI=1S/C26H29N3O2S/c30-24(13-14-26(31)29-17-7-12-23(29)21-10-5-2-6-11-21)27-16-15-25-28-22(19-32-25)18-20-8-3-1-4-9-20/h1-6,8-11,19,23H,7,12-18H2,(H,27,30). The van der Waals surface area contributed by atoms with Crippen LogP contribution in [0, 0.1) is 0 Å². The Morgan fingerprint density at radius 1 is 1.03 bits per heavy atom. The van der Waals surface area contributed by atoms with Crippen molar-refractivity contribution in [2.75, 3.05) is 13.1 Å². The van der Waals surface area contributed by atoms with Crippen LogP contribution in [-0.4, -0.2) is 34.8 Å². The van der Waals surface area contributed by atoms with Gasteiger partial charge in [0.05, 0.1) is 16.7 Å². The first-order chi connectivity index (χ1) is 15.7. The van der Waals surface area contributed by atoms with E-state index in [1.807, 2.05) is 41.3 Å². The molecule has 0 spiro atoms. The molecule has 0 bridgehead atoms. The number of aromatic nitrogens is 1. The molecule has 1 saturated heterocycles. The lowest BCUT2D eigenvalue weighted by Gasteiger charge is -2.25. The second-order valence-electron chi connectivity index (χ2n) is 8.15. The highest BCUT2D eigenvalue weighted by Crippen LogP contribution is 2.32. The van der Waals surface area contributed by atoms with E-state index in [0.29, 0.717) is 13.0 Å². The summed E-state index contributed by atoms with van der Waals surface area (Å²) in [6, 6.07) is 20.6. The van der Waals surface area contributed by atoms with Gasteiger partial charge < -0.3 is 10.2 Å².